The molecule has 0 radical (unpaired) electrons. The van der Waals surface area contributed by atoms with E-state index in [1.54, 1.807) is 0 Å². The van der Waals surface area contributed by atoms with Crippen molar-refractivity contribution >= 4 is 33.3 Å². The predicted octanol–water partition coefficient (Wildman–Crippen LogP) is 8.13. The second-order valence-corrected chi connectivity index (χ2v) is 12.0. The Balaban J connectivity index is 2.46. The molecule has 138 valence electrons. The van der Waals surface area contributed by atoms with Crippen LogP contribution in [0.25, 0.3) is 9.81 Å². The van der Waals surface area contributed by atoms with Gasteiger partial charge in [0.05, 0.1) is 0 Å². The van der Waals surface area contributed by atoms with Gasteiger partial charge in [0.1, 0.15) is 0 Å². The first-order valence-electron chi connectivity index (χ1n) is 9.05. The van der Waals surface area contributed by atoms with Crippen molar-refractivity contribution in [3.05, 3.63) is 83.9 Å². The smallest absolute Gasteiger partial charge is 0.0150 e. The summed E-state index contributed by atoms with van der Waals surface area (Å²) >= 11 is 3.83. The molecule has 0 bridgehead atoms. The number of hydrogen-bond donors (Lipinski definition) is 0. The van der Waals surface area contributed by atoms with Gasteiger partial charge in [-0.1, -0.05) is 102 Å². The van der Waals surface area contributed by atoms with Gasteiger partial charge < -0.3 is 0 Å². The Bertz CT molecular complexity index is 675. The number of hydrogen-bond acceptors (Lipinski definition) is 2. The SMILES string of the molecule is CC(C)(C)S/C(=C\C=C(/SC(C)(C)C)c1ccccc1)c1ccccc1. The van der Waals surface area contributed by atoms with Crippen LogP contribution in [0.4, 0.5) is 0 Å². The van der Waals surface area contributed by atoms with Crippen molar-refractivity contribution in [1.29, 1.82) is 0 Å². The minimum Gasteiger partial charge on any atom is -0.120 e. The molecule has 2 heteroatoms. The van der Waals surface area contributed by atoms with E-state index in [0.29, 0.717) is 0 Å². The van der Waals surface area contributed by atoms with Gasteiger partial charge in [0.2, 0.25) is 0 Å². The third-order valence-corrected chi connectivity index (χ3v) is 5.74. The van der Waals surface area contributed by atoms with E-state index in [2.05, 4.69) is 114 Å². The van der Waals surface area contributed by atoms with Crippen LogP contribution in [0, 0.1) is 0 Å². The van der Waals surface area contributed by atoms with Crippen molar-refractivity contribution in [3.8, 4) is 0 Å². The van der Waals surface area contributed by atoms with Crippen LogP contribution in [0.2, 0.25) is 0 Å². The topological polar surface area (TPSA) is 0 Å². The third-order valence-electron chi connectivity index (χ3n) is 3.33. The Morgan fingerprint density at radius 1 is 0.577 bits per heavy atom. The molecule has 0 amide bonds. The first-order valence-corrected chi connectivity index (χ1v) is 10.7. The summed E-state index contributed by atoms with van der Waals surface area (Å²) < 4.78 is 0.333. The highest BCUT2D eigenvalue weighted by atomic mass is 32.2. The number of allylic oxidation sites excluding steroid dienone is 2. The highest BCUT2D eigenvalue weighted by Crippen LogP contribution is 2.40. The van der Waals surface area contributed by atoms with Gasteiger partial charge in [-0.2, -0.15) is 0 Å². The molecule has 2 aromatic carbocycles. The van der Waals surface area contributed by atoms with Gasteiger partial charge >= 0.3 is 0 Å². The zero-order valence-electron chi connectivity index (χ0n) is 16.7. The molecule has 0 aromatic heterocycles. The molecule has 0 saturated carbocycles. The molecule has 0 N–H and O–H groups in total. The highest BCUT2D eigenvalue weighted by Gasteiger charge is 2.17. The van der Waals surface area contributed by atoms with E-state index >= 15 is 0 Å². The van der Waals surface area contributed by atoms with Crippen LogP contribution < -0.4 is 0 Å². The van der Waals surface area contributed by atoms with Crippen LogP contribution in [-0.2, 0) is 0 Å². The quantitative estimate of drug-likeness (QED) is 0.479. The zero-order chi connectivity index (χ0) is 19.2. The lowest BCUT2D eigenvalue weighted by atomic mass is 10.2. The first-order chi connectivity index (χ1) is 12.1. The van der Waals surface area contributed by atoms with Crippen molar-refractivity contribution in [3.63, 3.8) is 0 Å². The van der Waals surface area contributed by atoms with Gasteiger partial charge in [-0.3, -0.25) is 0 Å². The maximum Gasteiger partial charge on any atom is 0.0150 e. The van der Waals surface area contributed by atoms with Crippen molar-refractivity contribution in [1.82, 2.24) is 0 Å². The maximum atomic E-state index is 2.28. The van der Waals surface area contributed by atoms with Crippen LogP contribution >= 0.6 is 23.5 Å². The zero-order valence-corrected chi connectivity index (χ0v) is 18.4. The molecule has 0 aliphatic rings. The number of rotatable bonds is 5. The Labute approximate surface area is 168 Å². The standard InChI is InChI=1S/C24H30S2/c1-23(2,3)25-21(19-13-9-7-10-14-19)17-18-22(26-24(4,5)6)20-15-11-8-12-16-20/h7-18H,1-6H3/b21-17-,22-18-. The Hall–Kier alpha value is -1.38. The van der Waals surface area contributed by atoms with Crippen molar-refractivity contribution in [2.45, 2.75) is 51.0 Å². The molecule has 0 spiro atoms. The maximum absolute atomic E-state index is 2.28. The van der Waals surface area contributed by atoms with Crippen LogP contribution in [0.15, 0.2) is 72.8 Å². The highest BCUT2D eigenvalue weighted by molar-refractivity contribution is 8.09. The minimum absolute atomic E-state index is 0.166. The van der Waals surface area contributed by atoms with Crippen LogP contribution in [-0.4, -0.2) is 9.49 Å². The normalized spacial score (nSPS) is 13.8. The first kappa shape index (κ1) is 20.9. The molecule has 0 fully saturated rings. The average Bonchev–Trinajstić information content (AvgIpc) is 2.57. The molecular formula is C24H30S2. The second-order valence-electron chi connectivity index (χ2n) is 8.22. The molecule has 0 aliphatic carbocycles. The van der Waals surface area contributed by atoms with E-state index in [1.807, 2.05) is 23.5 Å². The Kier molecular flexibility index (Phi) is 7.25. The molecule has 0 aliphatic heterocycles. The summed E-state index contributed by atoms with van der Waals surface area (Å²) in [5.74, 6) is 0. The summed E-state index contributed by atoms with van der Waals surface area (Å²) in [6, 6.07) is 21.4. The number of thioether (sulfide) groups is 2. The fourth-order valence-electron chi connectivity index (χ4n) is 2.39. The van der Waals surface area contributed by atoms with E-state index in [4.69, 9.17) is 0 Å². The van der Waals surface area contributed by atoms with Crippen LogP contribution in [0.3, 0.4) is 0 Å². The summed E-state index contributed by atoms with van der Waals surface area (Å²) in [6.45, 7) is 13.6. The molecular weight excluding hydrogens is 352 g/mol. The molecule has 0 nitrogen and oxygen atoms in total. The molecule has 2 rings (SSSR count). The van der Waals surface area contributed by atoms with Gasteiger partial charge in [-0.05, 0) is 23.3 Å². The lowest BCUT2D eigenvalue weighted by Crippen LogP contribution is -2.07. The summed E-state index contributed by atoms with van der Waals surface area (Å²) in [5.41, 5.74) is 2.55. The van der Waals surface area contributed by atoms with Crippen molar-refractivity contribution in [2.75, 3.05) is 0 Å². The summed E-state index contributed by atoms with van der Waals surface area (Å²) in [4.78, 5) is 2.61. The predicted molar refractivity (Wildman–Crippen MR) is 124 cm³/mol. The summed E-state index contributed by atoms with van der Waals surface area (Å²) in [5, 5.41) is 0. The van der Waals surface area contributed by atoms with E-state index < -0.39 is 0 Å². The third kappa shape index (κ3) is 7.47. The van der Waals surface area contributed by atoms with E-state index in [1.165, 1.54) is 20.9 Å². The number of benzene rings is 2. The molecule has 0 saturated heterocycles. The molecule has 26 heavy (non-hydrogen) atoms. The van der Waals surface area contributed by atoms with Gasteiger partial charge in [0.25, 0.3) is 0 Å². The minimum atomic E-state index is 0.166. The van der Waals surface area contributed by atoms with Gasteiger partial charge in [0, 0.05) is 19.3 Å². The molecule has 0 heterocycles. The van der Waals surface area contributed by atoms with Gasteiger partial charge in [-0.15, -0.1) is 23.5 Å². The van der Waals surface area contributed by atoms with E-state index in [9.17, 15) is 0 Å². The summed E-state index contributed by atoms with van der Waals surface area (Å²) in [6.07, 6.45) is 4.57. The Morgan fingerprint density at radius 2 is 0.885 bits per heavy atom. The second kappa shape index (κ2) is 9.01. The lowest BCUT2D eigenvalue weighted by molar-refractivity contribution is 0.808. The molecule has 0 unspecified atom stereocenters. The van der Waals surface area contributed by atoms with Crippen molar-refractivity contribution < 1.29 is 0 Å². The molecule has 0 atom stereocenters. The fraction of sp³-hybridized carbons (Fsp3) is 0.333. The van der Waals surface area contributed by atoms with E-state index in [0.717, 1.165) is 0 Å². The monoisotopic (exact) mass is 382 g/mol. The molecule has 2 aromatic rings. The van der Waals surface area contributed by atoms with E-state index in [-0.39, 0.29) is 9.49 Å². The average molecular weight is 383 g/mol. The van der Waals surface area contributed by atoms with Crippen molar-refractivity contribution in [2.24, 2.45) is 0 Å². The summed E-state index contributed by atoms with van der Waals surface area (Å²) in [7, 11) is 0. The van der Waals surface area contributed by atoms with Crippen LogP contribution in [0.1, 0.15) is 52.7 Å². The lowest BCUT2D eigenvalue weighted by Gasteiger charge is -2.21. The van der Waals surface area contributed by atoms with Gasteiger partial charge in [-0.25, -0.2) is 0 Å². The fourth-order valence-corrected chi connectivity index (χ4v) is 4.49. The Morgan fingerprint density at radius 3 is 1.15 bits per heavy atom. The van der Waals surface area contributed by atoms with Gasteiger partial charge in [0.15, 0.2) is 0 Å². The largest absolute Gasteiger partial charge is 0.120 e. The van der Waals surface area contributed by atoms with Crippen LogP contribution in [0.5, 0.6) is 0 Å².